The van der Waals surface area contributed by atoms with E-state index in [0.717, 1.165) is 28.1 Å². The summed E-state index contributed by atoms with van der Waals surface area (Å²) in [5.74, 6) is -0.231. The number of hydrogen-bond donors (Lipinski definition) is 1. The number of hydrogen-bond acceptors (Lipinski definition) is 4. The van der Waals surface area contributed by atoms with E-state index in [9.17, 15) is 4.79 Å². The van der Waals surface area contributed by atoms with Crippen LogP contribution < -0.4 is 5.32 Å². The molecule has 3 aromatic heterocycles. The SMILES string of the molecule is Cc1ccncc1NC(=O)C=Cc1cn(-c2ccccc2)nc1-c1cccnc1. The maximum Gasteiger partial charge on any atom is 0.248 e. The maximum absolute atomic E-state index is 12.4. The van der Waals surface area contributed by atoms with E-state index in [1.165, 1.54) is 6.08 Å². The highest BCUT2D eigenvalue weighted by atomic mass is 16.1. The predicted octanol–water partition coefficient (Wildman–Crippen LogP) is 4.29. The molecule has 0 aliphatic heterocycles. The van der Waals surface area contributed by atoms with Crippen LogP contribution in [-0.2, 0) is 4.79 Å². The van der Waals surface area contributed by atoms with Crippen molar-refractivity contribution >= 4 is 17.7 Å². The summed E-state index contributed by atoms with van der Waals surface area (Å²) in [6.45, 7) is 1.92. The van der Waals surface area contributed by atoms with Gasteiger partial charge in [-0.15, -0.1) is 0 Å². The van der Waals surface area contributed by atoms with Crippen LogP contribution in [0, 0.1) is 6.92 Å². The molecule has 0 aliphatic carbocycles. The van der Waals surface area contributed by atoms with Gasteiger partial charge in [-0.1, -0.05) is 18.2 Å². The lowest BCUT2D eigenvalue weighted by Crippen LogP contribution is -2.09. The Balaban J connectivity index is 1.65. The Bertz CT molecular complexity index is 1150. The highest BCUT2D eigenvalue weighted by Gasteiger charge is 2.11. The van der Waals surface area contributed by atoms with Crippen LogP contribution in [0.5, 0.6) is 0 Å². The topological polar surface area (TPSA) is 72.7 Å². The number of aromatic nitrogens is 4. The molecule has 0 saturated heterocycles. The second kappa shape index (κ2) is 8.31. The minimum atomic E-state index is -0.231. The molecule has 0 atom stereocenters. The fourth-order valence-corrected chi connectivity index (χ4v) is 2.88. The van der Waals surface area contributed by atoms with Crippen molar-refractivity contribution < 1.29 is 4.79 Å². The zero-order valence-electron chi connectivity index (χ0n) is 15.9. The molecule has 142 valence electrons. The van der Waals surface area contributed by atoms with Crippen molar-refractivity contribution in [3.63, 3.8) is 0 Å². The summed E-state index contributed by atoms with van der Waals surface area (Å²) in [7, 11) is 0. The summed E-state index contributed by atoms with van der Waals surface area (Å²) < 4.78 is 1.80. The fourth-order valence-electron chi connectivity index (χ4n) is 2.88. The Morgan fingerprint density at radius 3 is 2.59 bits per heavy atom. The lowest BCUT2D eigenvalue weighted by Gasteiger charge is -2.04. The molecular weight excluding hydrogens is 362 g/mol. The molecule has 6 heteroatoms. The normalized spacial score (nSPS) is 10.9. The average Bonchev–Trinajstić information content (AvgIpc) is 3.20. The fraction of sp³-hybridized carbons (Fsp3) is 0.0435. The minimum absolute atomic E-state index is 0.231. The van der Waals surface area contributed by atoms with Crippen molar-refractivity contribution in [2.45, 2.75) is 6.92 Å². The number of amides is 1. The van der Waals surface area contributed by atoms with E-state index in [1.54, 1.807) is 35.5 Å². The molecule has 1 amide bonds. The van der Waals surface area contributed by atoms with Crippen LogP contribution >= 0.6 is 0 Å². The number of nitrogens with zero attached hydrogens (tertiary/aromatic N) is 4. The summed E-state index contributed by atoms with van der Waals surface area (Å²) in [6.07, 6.45) is 12.0. The number of pyridine rings is 2. The third kappa shape index (κ3) is 4.27. The van der Waals surface area contributed by atoms with Crippen LogP contribution in [0.15, 0.2) is 85.6 Å². The number of nitrogens with one attached hydrogen (secondary N) is 1. The first-order valence-electron chi connectivity index (χ1n) is 9.16. The molecule has 0 aliphatic rings. The monoisotopic (exact) mass is 381 g/mol. The zero-order valence-corrected chi connectivity index (χ0v) is 15.9. The summed E-state index contributed by atoms with van der Waals surface area (Å²) in [5.41, 5.74) is 5.03. The molecular formula is C23H19N5O. The van der Waals surface area contributed by atoms with E-state index in [4.69, 9.17) is 5.10 Å². The smallest absolute Gasteiger partial charge is 0.248 e. The van der Waals surface area contributed by atoms with E-state index >= 15 is 0 Å². The highest BCUT2D eigenvalue weighted by Crippen LogP contribution is 2.24. The number of benzene rings is 1. The van der Waals surface area contributed by atoms with Gasteiger partial charge < -0.3 is 5.32 Å². The lowest BCUT2D eigenvalue weighted by molar-refractivity contribution is -0.111. The van der Waals surface area contributed by atoms with Crippen molar-refractivity contribution in [1.29, 1.82) is 0 Å². The van der Waals surface area contributed by atoms with Crippen LogP contribution in [0.3, 0.4) is 0 Å². The van der Waals surface area contributed by atoms with Crippen LogP contribution in [-0.4, -0.2) is 25.7 Å². The molecule has 0 bridgehead atoms. The van der Waals surface area contributed by atoms with Gasteiger partial charge in [0, 0.05) is 42.0 Å². The minimum Gasteiger partial charge on any atom is -0.321 e. The average molecular weight is 381 g/mol. The Hall–Kier alpha value is -4.06. The number of rotatable bonds is 5. The van der Waals surface area contributed by atoms with Crippen molar-refractivity contribution in [3.8, 4) is 16.9 Å². The molecule has 0 radical (unpaired) electrons. The first-order chi connectivity index (χ1) is 14.2. The molecule has 0 unspecified atom stereocenters. The van der Waals surface area contributed by atoms with Gasteiger partial charge in [-0.2, -0.15) is 5.10 Å². The molecule has 1 N–H and O–H groups in total. The summed E-state index contributed by atoms with van der Waals surface area (Å²) in [5, 5.41) is 7.56. The van der Waals surface area contributed by atoms with Crippen molar-refractivity contribution in [1.82, 2.24) is 19.7 Å². The van der Waals surface area contributed by atoms with Crippen LogP contribution in [0.25, 0.3) is 23.0 Å². The van der Waals surface area contributed by atoms with Gasteiger partial charge in [0.1, 0.15) is 5.69 Å². The standard InChI is InChI=1S/C23H19N5O/c1-17-11-13-25-15-21(17)26-22(29)10-9-19-16-28(20-7-3-2-4-8-20)27-23(19)18-6-5-12-24-14-18/h2-16H,1H3,(H,26,29). The van der Waals surface area contributed by atoms with E-state index in [-0.39, 0.29) is 5.91 Å². The summed E-state index contributed by atoms with van der Waals surface area (Å²) in [4.78, 5) is 20.6. The largest absolute Gasteiger partial charge is 0.321 e. The third-order valence-electron chi connectivity index (χ3n) is 4.41. The number of para-hydroxylation sites is 1. The van der Waals surface area contributed by atoms with Crippen LogP contribution in [0.4, 0.5) is 5.69 Å². The van der Waals surface area contributed by atoms with Gasteiger partial charge in [0.05, 0.1) is 17.6 Å². The van der Waals surface area contributed by atoms with Gasteiger partial charge in [0.2, 0.25) is 5.91 Å². The quantitative estimate of drug-likeness (QED) is 0.524. The van der Waals surface area contributed by atoms with Crippen LogP contribution in [0.2, 0.25) is 0 Å². The van der Waals surface area contributed by atoms with E-state index in [2.05, 4.69) is 15.3 Å². The Morgan fingerprint density at radius 2 is 1.83 bits per heavy atom. The molecule has 29 heavy (non-hydrogen) atoms. The second-order valence-electron chi connectivity index (χ2n) is 6.47. The summed E-state index contributed by atoms with van der Waals surface area (Å²) in [6, 6.07) is 15.5. The number of carbonyl (C=O) groups excluding carboxylic acids is 1. The van der Waals surface area contributed by atoms with E-state index in [0.29, 0.717) is 5.69 Å². The molecule has 6 nitrogen and oxygen atoms in total. The third-order valence-corrected chi connectivity index (χ3v) is 4.41. The molecule has 4 rings (SSSR count). The van der Waals surface area contributed by atoms with E-state index < -0.39 is 0 Å². The number of aryl methyl sites for hydroxylation is 1. The second-order valence-corrected chi connectivity index (χ2v) is 6.47. The number of anilines is 1. The Morgan fingerprint density at radius 1 is 1.00 bits per heavy atom. The van der Waals surface area contributed by atoms with Crippen molar-refractivity contribution in [2.75, 3.05) is 5.32 Å². The van der Waals surface area contributed by atoms with Crippen LogP contribution in [0.1, 0.15) is 11.1 Å². The van der Waals surface area contributed by atoms with Gasteiger partial charge in [-0.05, 0) is 48.9 Å². The summed E-state index contributed by atoms with van der Waals surface area (Å²) >= 11 is 0. The van der Waals surface area contributed by atoms with Gasteiger partial charge in [0.25, 0.3) is 0 Å². The zero-order chi connectivity index (χ0) is 20.1. The molecule has 3 heterocycles. The highest BCUT2D eigenvalue weighted by molar-refractivity contribution is 6.02. The Labute approximate surface area is 168 Å². The van der Waals surface area contributed by atoms with Gasteiger partial charge in [0.15, 0.2) is 0 Å². The van der Waals surface area contributed by atoms with Crippen molar-refractivity contribution in [3.05, 3.63) is 96.7 Å². The first-order valence-corrected chi connectivity index (χ1v) is 9.16. The molecule has 0 fully saturated rings. The Kier molecular flexibility index (Phi) is 5.25. The lowest BCUT2D eigenvalue weighted by atomic mass is 10.1. The maximum atomic E-state index is 12.4. The first kappa shape index (κ1) is 18.3. The predicted molar refractivity (Wildman–Crippen MR) is 113 cm³/mol. The molecule has 0 spiro atoms. The number of carbonyl (C=O) groups is 1. The van der Waals surface area contributed by atoms with Gasteiger partial charge >= 0.3 is 0 Å². The molecule has 1 aromatic carbocycles. The van der Waals surface area contributed by atoms with Gasteiger partial charge in [-0.3, -0.25) is 14.8 Å². The van der Waals surface area contributed by atoms with Gasteiger partial charge in [-0.25, -0.2) is 4.68 Å². The van der Waals surface area contributed by atoms with Crippen molar-refractivity contribution in [2.24, 2.45) is 0 Å². The van der Waals surface area contributed by atoms with E-state index in [1.807, 2.05) is 61.7 Å². The molecule has 4 aromatic rings. The molecule has 0 saturated carbocycles.